The standard InChI is InChI=1S/C13H16O2/c1-10(14)5-6-11-3-2-4-13(9-11)15-12-7-8-12/h2-4,9,12H,5-8H2,1H3. The lowest BCUT2D eigenvalue weighted by Gasteiger charge is -2.06. The monoisotopic (exact) mass is 204 g/mol. The van der Waals surface area contributed by atoms with Crippen LogP contribution in [0.3, 0.4) is 0 Å². The number of rotatable bonds is 5. The maximum Gasteiger partial charge on any atom is 0.130 e. The fraction of sp³-hybridized carbons (Fsp3) is 0.462. The van der Waals surface area contributed by atoms with Crippen LogP contribution in [-0.2, 0) is 11.2 Å². The summed E-state index contributed by atoms with van der Waals surface area (Å²) in [5.41, 5.74) is 1.18. The molecular weight excluding hydrogens is 188 g/mol. The van der Waals surface area contributed by atoms with Crippen LogP contribution < -0.4 is 4.74 Å². The Morgan fingerprint density at radius 2 is 2.27 bits per heavy atom. The number of hydrogen-bond acceptors (Lipinski definition) is 2. The van der Waals surface area contributed by atoms with Crippen LogP contribution in [0.5, 0.6) is 5.75 Å². The Bertz CT molecular complexity index is 353. The first-order valence-corrected chi connectivity index (χ1v) is 5.49. The molecule has 1 fully saturated rings. The number of Topliss-reactive ketones (excluding diaryl/α,β-unsaturated/α-hetero) is 1. The third-order valence-corrected chi connectivity index (χ3v) is 2.49. The van der Waals surface area contributed by atoms with Crippen LogP contribution in [0.25, 0.3) is 0 Å². The van der Waals surface area contributed by atoms with Crippen molar-refractivity contribution >= 4 is 5.78 Å². The number of carbonyl (C=O) groups excluding carboxylic acids is 1. The predicted molar refractivity (Wildman–Crippen MR) is 59.1 cm³/mol. The molecule has 1 saturated carbocycles. The lowest BCUT2D eigenvalue weighted by Crippen LogP contribution is -1.98. The van der Waals surface area contributed by atoms with Crippen molar-refractivity contribution in [3.63, 3.8) is 0 Å². The van der Waals surface area contributed by atoms with Gasteiger partial charge in [0, 0.05) is 6.42 Å². The topological polar surface area (TPSA) is 26.3 Å². The predicted octanol–water partition coefficient (Wildman–Crippen LogP) is 2.75. The van der Waals surface area contributed by atoms with E-state index in [0.29, 0.717) is 12.5 Å². The molecule has 1 aromatic carbocycles. The Morgan fingerprint density at radius 1 is 1.47 bits per heavy atom. The number of benzene rings is 1. The summed E-state index contributed by atoms with van der Waals surface area (Å²) in [5, 5.41) is 0. The first kappa shape index (κ1) is 10.2. The summed E-state index contributed by atoms with van der Waals surface area (Å²) in [6.45, 7) is 1.63. The van der Waals surface area contributed by atoms with Gasteiger partial charge in [-0.05, 0) is 43.9 Å². The summed E-state index contributed by atoms with van der Waals surface area (Å²) in [4.78, 5) is 10.9. The normalized spacial score (nSPS) is 15.0. The van der Waals surface area contributed by atoms with Crippen LogP contribution >= 0.6 is 0 Å². The Kier molecular flexibility index (Phi) is 3.05. The third-order valence-electron chi connectivity index (χ3n) is 2.49. The van der Waals surface area contributed by atoms with E-state index in [1.807, 2.05) is 24.3 Å². The van der Waals surface area contributed by atoms with Gasteiger partial charge in [0.25, 0.3) is 0 Å². The minimum absolute atomic E-state index is 0.239. The van der Waals surface area contributed by atoms with Crippen molar-refractivity contribution in [1.29, 1.82) is 0 Å². The average molecular weight is 204 g/mol. The van der Waals surface area contributed by atoms with E-state index in [1.165, 1.54) is 18.4 Å². The molecule has 2 heteroatoms. The zero-order valence-corrected chi connectivity index (χ0v) is 9.03. The number of ether oxygens (including phenoxy) is 1. The molecule has 15 heavy (non-hydrogen) atoms. The molecule has 0 amide bonds. The largest absolute Gasteiger partial charge is 0.490 e. The van der Waals surface area contributed by atoms with Crippen molar-refractivity contribution in [2.24, 2.45) is 0 Å². The second-order valence-electron chi connectivity index (χ2n) is 4.17. The summed E-state index contributed by atoms with van der Waals surface area (Å²) >= 11 is 0. The maximum absolute atomic E-state index is 10.9. The zero-order chi connectivity index (χ0) is 10.7. The highest BCUT2D eigenvalue weighted by Gasteiger charge is 2.23. The minimum Gasteiger partial charge on any atom is -0.490 e. The van der Waals surface area contributed by atoms with Crippen molar-refractivity contribution in [3.8, 4) is 5.75 Å². The molecule has 2 rings (SSSR count). The van der Waals surface area contributed by atoms with Crippen LogP contribution in [0.4, 0.5) is 0 Å². The molecule has 80 valence electrons. The minimum atomic E-state index is 0.239. The number of aryl methyl sites for hydroxylation is 1. The van der Waals surface area contributed by atoms with Gasteiger partial charge in [0.05, 0.1) is 6.10 Å². The fourth-order valence-corrected chi connectivity index (χ4v) is 1.47. The smallest absolute Gasteiger partial charge is 0.130 e. The van der Waals surface area contributed by atoms with E-state index in [0.717, 1.165) is 12.2 Å². The molecule has 0 N–H and O–H groups in total. The van der Waals surface area contributed by atoms with E-state index in [2.05, 4.69) is 0 Å². The van der Waals surface area contributed by atoms with Gasteiger partial charge in [-0.25, -0.2) is 0 Å². The molecule has 0 unspecified atom stereocenters. The number of ketones is 1. The molecule has 0 radical (unpaired) electrons. The van der Waals surface area contributed by atoms with Gasteiger partial charge >= 0.3 is 0 Å². The van der Waals surface area contributed by atoms with Gasteiger partial charge in [-0.15, -0.1) is 0 Å². The van der Waals surface area contributed by atoms with Crippen molar-refractivity contribution in [1.82, 2.24) is 0 Å². The van der Waals surface area contributed by atoms with E-state index in [4.69, 9.17) is 4.74 Å². The molecule has 0 heterocycles. The molecule has 1 aliphatic carbocycles. The van der Waals surface area contributed by atoms with Gasteiger partial charge in [-0.1, -0.05) is 12.1 Å². The lowest BCUT2D eigenvalue weighted by atomic mass is 10.1. The van der Waals surface area contributed by atoms with Gasteiger partial charge < -0.3 is 9.53 Å². The quantitative estimate of drug-likeness (QED) is 0.737. The van der Waals surface area contributed by atoms with Gasteiger partial charge in [-0.2, -0.15) is 0 Å². The summed E-state index contributed by atoms with van der Waals surface area (Å²) in [7, 11) is 0. The molecule has 0 spiro atoms. The first-order chi connectivity index (χ1) is 7.24. The van der Waals surface area contributed by atoms with E-state index < -0.39 is 0 Å². The Hall–Kier alpha value is -1.31. The third kappa shape index (κ3) is 3.39. The molecule has 0 bridgehead atoms. The van der Waals surface area contributed by atoms with Crippen LogP contribution in [-0.4, -0.2) is 11.9 Å². The van der Waals surface area contributed by atoms with Crippen LogP contribution in [0.15, 0.2) is 24.3 Å². The SMILES string of the molecule is CC(=O)CCc1cccc(OC2CC2)c1. The van der Waals surface area contributed by atoms with Crippen molar-refractivity contribution in [2.75, 3.05) is 0 Å². The van der Waals surface area contributed by atoms with Gasteiger partial charge in [-0.3, -0.25) is 0 Å². The number of hydrogen-bond donors (Lipinski definition) is 0. The molecular formula is C13H16O2. The van der Waals surface area contributed by atoms with E-state index in [1.54, 1.807) is 6.92 Å². The molecule has 0 aliphatic heterocycles. The average Bonchev–Trinajstić information content (AvgIpc) is 2.99. The Balaban J connectivity index is 1.94. The highest BCUT2D eigenvalue weighted by Crippen LogP contribution is 2.27. The zero-order valence-electron chi connectivity index (χ0n) is 9.03. The molecule has 0 atom stereocenters. The van der Waals surface area contributed by atoms with Crippen LogP contribution in [0.2, 0.25) is 0 Å². The highest BCUT2D eigenvalue weighted by molar-refractivity contribution is 5.75. The highest BCUT2D eigenvalue weighted by atomic mass is 16.5. The second-order valence-corrected chi connectivity index (χ2v) is 4.17. The van der Waals surface area contributed by atoms with Crippen molar-refractivity contribution < 1.29 is 9.53 Å². The number of carbonyl (C=O) groups is 1. The van der Waals surface area contributed by atoms with Gasteiger partial charge in [0.1, 0.15) is 11.5 Å². The molecule has 1 aromatic rings. The Morgan fingerprint density at radius 3 is 2.93 bits per heavy atom. The van der Waals surface area contributed by atoms with E-state index in [-0.39, 0.29) is 5.78 Å². The summed E-state index contributed by atoms with van der Waals surface area (Å²) in [5.74, 6) is 1.18. The lowest BCUT2D eigenvalue weighted by molar-refractivity contribution is -0.116. The summed E-state index contributed by atoms with van der Waals surface area (Å²) < 4.78 is 5.69. The van der Waals surface area contributed by atoms with Gasteiger partial charge in [0.15, 0.2) is 0 Å². The van der Waals surface area contributed by atoms with Crippen molar-refractivity contribution in [2.45, 2.75) is 38.7 Å². The van der Waals surface area contributed by atoms with E-state index in [9.17, 15) is 4.79 Å². The second kappa shape index (κ2) is 4.47. The molecule has 0 aromatic heterocycles. The molecule has 2 nitrogen and oxygen atoms in total. The molecule has 1 aliphatic rings. The summed E-state index contributed by atoms with van der Waals surface area (Å²) in [6.07, 6.45) is 4.23. The Labute approximate surface area is 90.3 Å². The van der Waals surface area contributed by atoms with Crippen LogP contribution in [0, 0.1) is 0 Å². The van der Waals surface area contributed by atoms with E-state index >= 15 is 0 Å². The fourth-order valence-electron chi connectivity index (χ4n) is 1.47. The van der Waals surface area contributed by atoms with Gasteiger partial charge in [0.2, 0.25) is 0 Å². The first-order valence-electron chi connectivity index (χ1n) is 5.49. The molecule has 0 saturated heterocycles. The summed E-state index contributed by atoms with van der Waals surface area (Å²) in [6, 6.07) is 8.06. The van der Waals surface area contributed by atoms with Crippen molar-refractivity contribution in [3.05, 3.63) is 29.8 Å². The maximum atomic E-state index is 10.9. The van der Waals surface area contributed by atoms with Crippen LogP contribution in [0.1, 0.15) is 31.7 Å².